The SMILES string of the molecule is CN(Cc1cccc2c1NC(C1NCC3CCC1O3)CO2)C(=O)C1CCNCC1. The number of benzene rings is 1. The van der Waals surface area contributed by atoms with Gasteiger partial charge in [-0.25, -0.2) is 0 Å². The number of hydrogen-bond donors (Lipinski definition) is 3. The maximum atomic E-state index is 12.9. The van der Waals surface area contributed by atoms with Gasteiger partial charge >= 0.3 is 0 Å². The second-order valence-electron chi connectivity index (χ2n) is 8.88. The average molecular weight is 401 g/mol. The highest BCUT2D eigenvalue weighted by molar-refractivity contribution is 5.79. The van der Waals surface area contributed by atoms with E-state index in [4.69, 9.17) is 9.47 Å². The van der Waals surface area contributed by atoms with Crippen LogP contribution in [0.5, 0.6) is 5.75 Å². The van der Waals surface area contributed by atoms with Crippen molar-refractivity contribution in [1.29, 1.82) is 0 Å². The van der Waals surface area contributed by atoms with E-state index in [1.807, 2.05) is 24.1 Å². The van der Waals surface area contributed by atoms with Crippen molar-refractivity contribution in [2.45, 2.75) is 56.5 Å². The van der Waals surface area contributed by atoms with Gasteiger partial charge in [0.15, 0.2) is 0 Å². The number of ether oxygens (including phenoxy) is 2. The molecule has 4 atom stereocenters. The number of morpholine rings is 1. The van der Waals surface area contributed by atoms with Gasteiger partial charge in [-0.1, -0.05) is 12.1 Å². The van der Waals surface area contributed by atoms with Crippen LogP contribution in [0, 0.1) is 5.92 Å². The third-order valence-electron chi connectivity index (χ3n) is 6.89. The normalized spacial score (nSPS) is 31.5. The first-order valence-electron chi connectivity index (χ1n) is 11.0. The van der Waals surface area contributed by atoms with Gasteiger partial charge < -0.3 is 30.3 Å². The number of carbonyl (C=O) groups excluding carboxylic acids is 1. The molecule has 1 aromatic carbocycles. The number of carbonyl (C=O) groups is 1. The maximum Gasteiger partial charge on any atom is 0.225 e. The number of rotatable bonds is 4. The number of nitrogens with one attached hydrogen (secondary N) is 3. The second-order valence-corrected chi connectivity index (χ2v) is 8.88. The summed E-state index contributed by atoms with van der Waals surface area (Å²) in [5.74, 6) is 1.26. The molecular formula is C22H32N4O3. The summed E-state index contributed by atoms with van der Waals surface area (Å²) in [6, 6.07) is 6.54. The first-order valence-corrected chi connectivity index (χ1v) is 11.0. The molecule has 4 unspecified atom stereocenters. The van der Waals surface area contributed by atoms with E-state index in [0.717, 1.165) is 62.3 Å². The molecule has 3 saturated heterocycles. The Morgan fingerprint density at radius 2 is 2.07 bits per heavy atom. The minimum absolute atomic E-state index is 0.136. The van der Waals surface area contributed by atoms with E-state index >= 15 is 0 Å². The molecule has 4 aliphatic rings. The lowest BCUT2D eigenvalue weighted by Crippen LogP contribution is -2.58. The molecule has 0 aromatic heterocycles. The Morgan fingerprint density at radius 1 is 1.21 bits per heavy atom. The van der Waals surface area contributed by atoms with Crippen LogP contribution in [0.3, 0.4) is 0 Å². The monoisotopic (exact) mass is 400 g/mol. The topological polar surface area (TPSA) is 74.9 Å². The van der Waals surface area contributed by atoms with Gasteiger partial charge in [-0.3, -0.25) is 4.79 Å². The maximum absolute atomic E-state index is 12.9. The molecule has 0 radical (unpaired) electrons. The van der Waals surface area contributed by atoms with Crippen molar-refractivity contribution in [3.05, 3.63) is 23.8 Å². The van der Waals surface area contributed by atoms with Gasteiger partial charge in [0.25, 0.3) is 0 Å². The molecule has 4 aliphatic heterocycles. The van der Waals surface area contributed by atoms with Crippen LogP contribution in [-0.4, -0.2) is 68.4 Å². The molecule has 0 saturated carbocycles. The van der Waals surface area contributed by atoms with Crippen LogP contribution in [0.1, 0.15) is 31.2 Å². The highest BCUT2D eigenvalue weighted by atomic mass is 16.5. The number of nitrogens with zero attached hydrogens (tertiary/aromatic N) is 1. The average Bonchev–Trinajstić information content (AvgIpc) is 3.14. The Bertz CT molecular complexity index is 752. The summed E-state index contributed by atoms with van der Waals surface area (Å²) >= 11 is 0. The third-order valence-corrected chi connectivity index (χ3v) is 6.89. The lowest BCUT2D eigenvalue weighted by Gasteiger charge is -2.40. The summed E-state index contributed by atoms with van der Waals surface area (Å²) in [5.41, 5.74) is 2.13. The van der Waals surface area contributed by atoms with Gasteiger partial charge in [0.05, 0.1) is 30.0 Å². The number of anilines is 1. The number of fused-ring (bicyclic) bond motifs is 3. The molecular weight excluding hydrogens is 368 g/mol. The predicted molar refractivity (Wildman–Crippen MR) is 111 cm³/mol. The summed E-state index contributed by atoms with van der Waals surface area (Å²) in [4.78, 5) is 14.8. The van der Waals surface area contributed by atoms with E-state index in [-0.39, 0.29) is 30.0 Å². The van der Waals surface area contributed by atoms with Crippen molar-refractivity contribution >= 4 is 11.6 Å². The molecule has 7 heteroatoms. The molecule has 158 valence electrons. The van der Waals surface area contributed by atoms with Crippen molar-refractivity contribution in [2.75, 3.05) is 38.6 Å². The lowest BCUT2D eigenvalue weighted by atomic mass is 9.96. The molecule has 0 spiro atoms. The molecule has 2 bridgehead atoms. The van der Waals surface area contributed by atoms with Crippen molar-refractivity contribution < 1.29 is 14.3 Å². The largest absolute Gasteiger partial charge is 0.489 e. The fraction of sp³-hybridized carbons (Fsp3) is 0.682. The Morgan fingerprint density at radius 3 is 2.93 bits per heavy atom. The van der Waals surface area contributed by atoms with E-state index in [1.54, 1.807) is 0 Å². The molecule has 1 amide bonds. The lowest BCUT2D eigenvalue weighted by molar-refractivity contribution is -0.135. The molecule has 1 aromatic rings. The Balaban J connectivity index is 1.29. The zero-order valence-electron chi connectivity index (χ0n) is 17.2. The second kappa shape index (κ2) is 8.13. The van der Waals surface area contributed by atoms with Crippen LogP contribution in [-0.2, 0) is 16.1 Å². The van der Waals surface area contributed by atoms with E-state index < -0.39 is 0 Å². The summed E-state index contributed by atoms with van der Waals surface area (Å²) in [5, 5.41) is 10.7. The highest BCUT2D eigenvalue weighted by Crippen LogP contribution is 2.36. The smallest absolute Gasteiger partial charge is 0.225 e. The molecule has 7 nitrogen and oxygen atoms in total. The van der Waals surface area contributed by atoms with Crippen LogP contribution in [0.2, 0.25) is 0 Å². The van der Waals surface area contributed by atoms with Crippen LogP contribution in [0.15, 0.2) is 18.2 Å². The van der Waals surface area contributed by atoms with E-state index in [9.17, 15) is 4.79 Å². The summed E-state index contributed by atoms with van der Waals surface area (Å²) in [6.45, 7) is 4.00. The summed E-state index contributed by atoms with van der Waals surface area (Å²) in [7, 11) is 1.92. The summed E-state index contributed by atoms with van der Waals surface area (Å²) in [6.07, 6.45) is 4.74. The highest BCUT2D eigenvalue weighted by Gasteiger charge is 2.42. The van der Waals surface area contributed by atoms with E-state index in [2.05, 4.69) is 22.0 Å². The van der Waals surface area contributed by atoms with Gasteiger partial charge in [0.2, 0.25) is 5.91 Å². The fourth-order valence-corrected chi connectivity index (χ4v) is 5.25. The van der Waals surface area contributed by atoms with Crippen molar-refractivity contribution in [3.63, 3.8) is 0 Å². The number of hydrogen-bond acceptors (Lipinski definition) is 6. The first-order chi connectivity index (χ1) is 14.2. The quantitative estimate of drug-likeness (QED) is 0.708. The molecule has 29 heavy (non-hydrogen) atoms. The number of piperidine rings is 1. The Hall–Kier alpha value is -1.83. The minimum atomic E-state index is 0.136. The van der Waals surface area contributed by atoms with Gasteiger partial charge in [-0.2, -0.15) is 0 Å². The van der Waals surface area contributed by atoms with E-state index in [0.29, 0.717) is 19.3 Å². The first kappa shape index (κ1) is 19.2. The predicted octanol–water partition coefficient (Wildman–Crippen LogP) is 1.34. The van der Waals surface area contributed by atoms with Crippen LogP contribution < -0.4 is 20.7 Å². The zero-order valence-corrected chi connectivity index (χ0v) is 17.2. The van der Waals surface area contributed by atoms with E-state index in [1.165, 1.54) is 0 Å². The number of amides is 1. The number of para-hydroxylation sites is 1. The zero-order chi connectivity index (χ0) is 19.8. The standard InChI is InChI=1S/C22H32N4O3/c1-26(22(27)14-7-9-23-10-8-14)12-15-3-2-4-18-20(15)25-17(13-28-18)21-19-6-5-16(29-19)11-24-21/h2-4,14,16-17,19,21,23-25H,5-13H2,1H3. The van der Waals surface area contributed by atoms with Gasteiger partial charge in [-0.15, -0.1) is 0 Å². The molecule has 3 fully saturated rings. The van der Waals surface area contributed by atoms with Crippen molar-refractivity contribution in [2.24, 2.45) is 5.92 Å². The molecule has 4 heterocycles. The van der Waals surface area contributed by atoms with Crippen LogP contribution >= 0.6 is 0 Å². The molecule has 5 rings (SSSR count). The molecule has 0 aliphatic carbocycles. The van der Waals surface area contributed by atoms with Crippen molar-refractivity contribution in [1.82, 2.24) is 15.5 Å². The third kappa shape index (κ3) is 3.83. The molecule has 3 N–H and O–H groups in total. The Labute approximate surface area is 172 Å². The Kier molecular flexibility index (Phi) is 5.37. The fourth-order valence-electron chi connectivity index (χ4n) is 5.25. The van der Waals surface area contributed by atoms with Crippen molar-refractivity contribution in [3.8, 4) is 5.75 Å². The van der Waals surface area contributed by atoms with Gasteiger partial charge in [0.1, 0.15) is 12.4 Å². The minimum Gasteiger partial charge on any atom is -0.489 e. The van der Waals surface area contributed by atoms with Crippen LogP contribution in [0.25, 0.3) is 0 Å². The van der Waals surface area contributed by atoms with Gasteiger partial charge in [0, 0.05) is 26.1 Å². The van der Waals surface area contributed by atoms with Crippen LogP contribution in [0.4, 0.5) is 5.69 Å². The summed E-state index contributed by atoms with van der Waals surface area (Å²) < 4.78 is 12.3. The van der Waals surface area contributed by atoms with Gasteiger partial charge in [-0.05, 0) is 50.4 Å².